The van der Waals surface area contributed by atoms with Gasteiger partial charge in [-0.2, -0.15) is 0 Å². The Labute approximate surface area is 84.4 Å². The monoisotopic (exact) mass is 192 g/mol. The van der Waals surface area contributed by atoms with Gasteiger partial charge in [-0.25, -0.2) is 4.98 Å². The third kappa shape index (κ3) is 1.73. The molecule has 1 aliphatic heterocycles. The molecule has 1 N–H and O–H groups in total. The lowest BCUT2D eigenvalue weighted by Crippen LogP contribution is -2.51. The topological polar surface area (TPSA) is 36.4 Å². The highest BCUT2D eigenvalue weighted by Crippen LogP contribution is 2.20. The second kappa shape index (κ2) is 3.58. The normalized spacial score (nSPS) is 17.3. The molecule has 0 aromatic carbocycles. The third-order valence-electron chi connectivity index (χ3n) is 2.62. The summed E-state index contributed by atoms with van der Waals surface area (Å²) in [6.45, 7) is 5.75. The predicted molar refractivity (Wildman–Crippen MR) is 56.5 cm³/mol. The molecule has 1 aromatic heterocycles. The predicted octanol–water partition coefficient (Wildman–Crippen LogP) is 1.39. The summed E-state index contributed by atoms with van der Waals surface area (Å²) in [6, 6.07) is 4.14. The van der Waals surface area contributed by atoms with Crippen molar-refractivity contribution in [3.63, 3.8) is 0 Å². The van der Waals surface area contributed by atoms with E-state index in [1.807, 2.05) is 12.3 Å². The van der Waals surface area contributed by atoms with Gasteiger partial charge in [-0.3, -0.25) is 0 Å². The van der Waals surface area contributed by atoms with E-state index < -0.39 is 0 Å². The van der Waals surface area contributed by atoms with E-state index in [0.29, 0.717) is 19.0 Å². The van der Waals surface area contributed by atoms with Crippen molar-refractivity contribution in [2.75, 3.05) is 18.0 Å². The molecule has 2 rings (SSSR count). The zero-order chi connectivity index (χ0) is 10.1. The van der Waals surface area contributed by atoms with Crippen LogP contribution >= 0.6 is 0 Å². The summed E-state index contributed by atoms with van der Waals surface area (Å²) in [4.78, 5) is 6.45. The first kappa shape index (κ1) is 9.46. The van der Waals surface area contributed by atoms with Gasteiger partial charge in [0.05, 0.1) is 6.10 Å². The van der Waals surface area contributed by atoms with Gasteiger partial charge in [-0.1, -0.05) is 19.9 Å². The molecule has 2 heterocycles. The molecule has 1 aliphatic rings. The summed E-state index contributed by atoms with van der Waals surface area (Å²) >= 11 is 0. The maximum absolute atomic E-state index is 9.15. The lowest BCUT2D eigenvalue weighted by molar-refractivity contribution is 0.141. The SMILES string of the molecule is CC(C)c1ccc(N2CC(O)C2)nc1. The van der Waals surface area contributed by atoms with E-state index >= 15 is 0 Å². The summed E-state index contributed by atoms with van der Waals surface area (Å²) < 4.78 is 0. The number of pyridine rings is 1. The molecule has 0 aliphatic carbocycles. The molecule has 1 saturated heterocycles. The van der Waals surface area contributed by atoms with E-state index in [2.05, 4.69) is 29.8 Å². The maximum Gasteiger partial charge on any atom is 0.128 e. The third-order valence-corrected chi connectivity index (χ3v) is 2.62. The van der Waals surface area contributed by atoms with E-state index in [-0.39, 0.29) is 6.10 Å². The molecule has 3 nitrogen and oxygen atoms in total. The van der Waals surface area contributed by atoms with Gasteiger partial charge < -0.3 is 10.0 Å². The van der Waals surface area contributed by atoms with Crippen molar-refractivity contribution < 1.29 is 5.11 Å². The first-order valence-electron chi connectivity index (χ1n) is 5.06. The zero-order valence-electron chi connectivity index (χ0n) is 8.64. The number of β-amino-alcohol motifs (C(OH)–C–C–N with tert-alkyl or cyclic N) is 1. The molecule has 76 valence electrons. The number of aliphatic hydroxyl groups excluding tert-OH is 1. The summed E-state index contributed by atoms with van der Waals surface area (Å²) in [5.41, 5.74) is 1.26. The molecule has 1 fully saturated rings. The second-order valence-electron chi connectivity index (χ2n) is 4.16. The largest absolute Gasteiger partial charge is 0.389 e. The number of nitrogens with zero attached hydrogens (tertiary/aromatic N) is 2. The van der Waals surface area contributed by atoms with Gasteiger partial charge in [0.1, 0.15) is 5.82 Å². The average Bonchev–Trinajstić information content (AvgIpc) is 2.13. The van der Waals surface area contributed by atoms with Crippen molar-refractivity contribution in [3.05, 3.63) is 23.9 Å². The highest BCUT2D eigenvalue weighted by atomic mass is 16.3. The maximum atomic E-state index is 9.15. The number of aliphatic hydroxyl groups is 1. The smallest absolute Gasteiger partial charge is 0.128 e. The Morgan fingerprint density at radius 2 is 2.14 bits per heavy atom. The van der Waals surface area contributed by atoms with Crippen molar-refractivity contribution in [1.82, 2.24) is 4.98 Å². The van der Waals surface area contributed by atoms with Crippen LogP contribution in [0.1, 0.15) is 25.3 Å². The summed E-state index contributed by atoms with van der Waals surface area (Å²) in [6.07, 6.45) is 1.76. The number of hydrogen-bond acceptors (Lipinski definition) is 3. The molecule has 0 unspecified atom stereocenters. The number of hydrogen-bond donors (Lipinski definition) is 1. The number of aromatic nitrogens is 1. The van der Waals surface area contributed by atoms with Gasteiger partial charge in [0.2, 0.25) is 0 Å². The summed E-state index contributed by atoms with van der Waals surface area (Å²) in [7, 11) is 0. The minimum absolute atomic E-state index is 0.165. The van der Waals surface area contributed by atoms with E-state index in [4.69, 9.17) is 5.11 Å². The van der Waals surface area contributed by atoms with Gasteiger partial charge >= 0.3 is 0 Å². The molecule has 3 heteroatoms. The van der Waals surface area contributed by atoms with Crippen molar-refractivity contribution in [2.24, 2.45) is 0 Å². The Morgan fingerprint density at radius 3 is 2.57 bits per heavy atom. The molecular weight excluding hydrogens is 176 g/mol. The highest BCUT2D eigenvalue weighted by molar-refractivity contribution is 5.42. The van der Waals surface area contributed by atoms with Crippen LogP contribution in [0, 0.1) is 0 Å². The average molecular weight is 192 g/mol. The van der Waals surface area contributed by atoms with Crippen LogP contribution in [-0.4, -0.2) is 29.3 Å². The van der Waals surface area contributed by atoms with Crippen LogP contribution in [-0.2, 0) is 0 Å². The minimum atomic E-state index is -0.165. The molecular formula is C11H16N2O. The minimum Gasteiger partial charge on any atom is -0.389 e. The highest BCUT2D eigenvalue weighted by Gasteiger charge is 2.25. The first-order chi connectivity index (χ1) is 6.66. The van der Waals surface area contributed by atoms with Crippen molar-refractivity contribution in [1.29, 1.82) is 0 Å². The van der Waals surface area contributed by atoms with E-state index in [1.54, 1.807) is 0 Å². The van der Waals surface area contributed by atoms with Crippen LogP contribution in [0.5, 0.6) is 0 Å². The van der Waals surface area contributed by atoms with Gasteiger partial charge in [0.25, 0.3) is 0 Å². The van der Waals surface area contributed by atoms with Crippen molar-refractivity contribution in [3.8, 4) is 0 Å². The lowest BCUT2D eigenvalue weighted by atomic mass is 10.1. The quantitative estimate of drug-likeness (QED) is 0.769. The molecule has 0 spiro atoms. The van der Waals surface area contributed by atoms with E-state index in [1.165, 1.54) is 5.56 Å². The van der Waals surface area contributed by atoms with Crippen LogP contribution in [0.3, 0.4) is 0 Å². The molecule has 0 radical (unpaired) electrons. The Hall–Kier alpha value is -1.09. The molecule has 0 amide bonds. The van der Waals surface area contributed by atoms with Crippen molar-refractivity contribution >= 4 is 5.82 Å². The summed E-state index contributed by atoms with van der Waals surface area (Å²) in [5.74, 6) is 1.50. The summed E-state index contributed by atoms with van der Waals surface area (Å²) in [5, 5.41) is 9.15. The molecule has 0 bridgehead atoms. The zero-order valence-corrected chi connectivity index (χ0v) is 8.64. The van der Waals surface area contributed by atoms with Crippen LogP contribution in [0.25, 0.3) is 0 Å². The van der Waals surface area contributed by atoms with E-state index in [9.17, 15) is 0 Å². The van der Waals surface area contributed by atoms with Crippen LogP contribution in [0.15, 0.2) is 18.3 Å². The number of anilines is 1. The lowest BCUT2D eigenvalue weighted by Gasteiger charge is -2.36. The fourth-order valence-electron chi connectivity index (χ4n) is 1.57. The fraction of sp³-hybridized carbons (Fsp3) is 0.545. The molecule has 1 aromatic rings. The van der Waals surface area contributed by atoms with Crippen LogP contribution in [0.2, 0.25) is 0 Å². The standard InChI is InChI=1S/C11H16N2O/c1-8(2)9-3-4-11(12-5-9)13-6-10(14)7-13/h3-5,8,10,14H,6-7H2,1-2H3. The van der Waals surface area contributed by atoms with Gasteiger partial charge in [0, 0.05) is 19.3 Å². The number of rotatable bonds is 2. The Morgan fingerprint density at radius 1 is 1.43 bits per heavy atom. The Balaban J connectivity index is 2.07. The van der Waals surface area contributed by atoms with Crippen LogP contribution in [0.4, 0.5) is 5.82 Å². The van der Waals surface area contributed by atoms with Gasteiger partial charge in [-0.05, 0) is 17.5 Å². The van der Waals surface area contributed by atoms with E-state index in [0.717, 1.165) is 5.82 Å². The van der Waals surface area contributed by atoms with Gasteiger partial charge in [-0.15, -0.1) is 0 Å². The molecule has 0 atom stereocenters. The molecule has 0 saturated carbocycles. The van der Waals surface area contributed by atoms with Crippen molar-refractivity contribution in [2.45, 2.75) is 25.9 Å². The fourth-order valence-corrected chi connectivity index (χ4v) is 1.57. The Kier molecular flexibility index (Phi) is 2.42. The first-order valence-corrected chi connectivity index (χ1v) is 5.06. The molecule has 14 heavy (non-hydrogen) atoms. The Bertz CT molecular complexity index is 302. The second-order valence-corrected chi connectivity index (χ2v) is 4.16. The van der Waals surface area contributed by atoms with Gasteiger partial charge in [0.15, 0.2) is 0 Å². The van der Waals surface area contributed by atoms with Crippen LogP contribution < -0.4 is 4.90 Å².